The summed E-state index contributed by atoms with van der Waals surface area (Å²) in [6, 6.07) is 2.86. The van der Waals surface area contributed by atoms with Crippen LogP contribution in [0, 0.1) is 5.41 Å². The van der Waals surface area contributed by atoms with Gasteiger partial charge in [-0.1, -0.05) is 32.4 Å². The quantitative estimate of drug-likeness (QED) is 0.837. The largest absolute Gasteiger partial charge is 0.468 e. The van der Waals surface area contributed by atoms with Gasteiger partial charge < -0.3 is 9.73 Å². The molecule has 1 aliphatic heterocycles. The summed E-state index contributed by atoms with van der Waals surface area (Å²) in [5.74, 6) is 1.12. The fourth-order valence-corrected chi connectivity index (χ4v) is 2.96. The van der Waals surface area contributed by atoms with Crippen molar-refractivity contribution in [1.29, 1.82) is 0 Å². The Hall–Kier alpha value is -1.06. The Morgan fingerprint density at radius 2 is 2.14 bits per heavy atom. The Labute approximate surface area is 128 Å². The van der Waals surface area contributed by atoms with E-state index in [1.165, 1.54) is 24.8 Å². The van der Waals surface area contributed by atoms with Gasteiger partial charge in [0.25, 0.3) is 0 Å². The van der Waals surface area contributed by atoms with E-state index in [0.717, 1.165) is 38.0 Å². The highest BCUT2D eigenvalue weighted by atomic mass is 16.3. The predicted molar refractivity (Wildman–Crippen MR) is 86.0 cm³/mol. The van der Waals surface area contributed by atoms with Crippen molar-refractivity contribution in [3.05, 3.63) is 35.3 Å². The van der Waals surface area contributed by atoms with Crippen LogP contribution in [0.4, 0.5) is 0 Å². The van der Waals surface area contributed by atoms with Crippen molar-refractivity contribution in [2.75, 3.05) is 13.1 Å². The van der Waals surface area contributed by atoms with Crippen LogP contribution in [0.3, 0.4) is 0 Å². The molecule has 1 fully saturated rings. The normalized spacial score (nSPS) is 20.6. The smallest absolute Gasteiger partial charge is 0.122 e. The van der Waals surface area contributed by atoms with E-state index < -0.39 is 0 Å². The first-order chi connectivity index (χ1) is 10.0. The van der Waals surface area contributed by atoms with Crippen LogP contribution in [0.5, 0.6) is 0 Å². The van der Waals surface area contributed by atoms with Crippen molar-refractivity contribution >= 4 is 0 Å². The van der Waals surface area contributed by atoms with Gasteiger partial charge in [-0.2, -0.15) is 0 Å². The number of nitrogens with zero attached hydrogens (tertiary/aromatic N) is 1. The molecule has 0 aromatic carbocycles. The molecule has 21 heavy (non-hydrogen) atoms. The molecule has 0 radical (unpaired) electrons. The first-order valence-corrected chi connectivity index (χ1v) is 8.23. The third-order valence-corrected chi connectivity index (χ3v) is 4.62. The predicted octanol–water partition coefficient (Wildman–Crippen LogP) is 3.71. The molecule has 1 saturated carbocycles. The third kappa shape index (κ3) is 3.98. The first kappa shape index (κ1) is 14.9. The van der Waals surface area contributed by atoms with Crippen molar-refractivity contribution in [2.45, 2.75) is 59.2 Å². The maximum Gasteiger partial charge on any atom is 0.122 e. The summed E-state index contributed by atoms with van der Waals surface area (Å²) in [5, 5.41) is 3.54. The molecule has 1 aromatic heterocycles. The second-order valence-electron chi connectivity index (χ2n) is 7.49. The fourth-order valence-electron chi connectivity index (χ4n) is 2.96. The topological polar surface area (TPSA) is 28.4 Å². The standard InChI is InChI=1S/C18H28N2O/c1-18(2,3)15-6-9-20(10-7-15)13-14-8-11-21-17(14)12-19-16-4-5-16/h6,8,11,16,19H,4-5,7,9-10,12-13H2,1-3H3. The Kier molecular flexibility index (Phi) is 4.23. The average Bonchev–Trinajstić information content (AvgIpc) is 3.17. The third-order valence-electron chi connectivity index (χ3n) is 4.62. The van der Waals surface area contributed by atoms with Gasteiger partial charge in [0, 0.05) is 31.2 Å². The van der Waals surface area contributed by atoms with E-state index in [1.54, 1.807) is 5.57 Å². The summed E-state index contributed by atoms with van der Waals surface area (Å²) < 4.78 is 5.66. The number of furan rings is 1. The lowest BCUT2D eigenvalue weighted by Crippen LogP contribution is -2.31. The second kappa shape index (κ2) is 5.98. The molecule has 0 unspecified atom stereocenters. The Morgan fingerprint density at radius 3 is 2.76 bits per heavy atom. The van der Waals surface area contributed by atoms with Gasteiger partial charge in [-0.15, -0.1) is 0 Å². The maximum atomic E-state index is 5.66. The van der Waals surface area contributed by atoms with Crippen LogP contribution in [-0.4, -0.2) is 24.0 Å². The molecule has 116 valence electrons. The first-order valence-electron chi connectivity index (χ1n) is 8.23. The number of hydrogen-bond acceptors (Lipinski definition) is 3. The molecule has 2 heterocycles. The maximum absolute atomic E-state index is 5.66. The van der Waals surface area contributed by atoms with Crippen LogP contribution in [-0.2, 0) is 13.1 Å². The lowest BCUT2D eigenvalue weighted by molar-refractivity contribution is 0.269. The molecule has 0 saturated heterocycles. The number of nitrogens with one attached hydrogen (secondary N) is 1. The van der Waals surface area contributed by atoms with Gasteiger partial charge in [-0.05, 0) is 30.7 Å². The molecule has 0 amide bonds. The summed E-state index contributed by atoms with van der Waals surface area (Å²) in [6.45, 7) is 11.0. The van der Waals surface area contributed by atoms with Crippen molar-refractivity contribution in [2.24, 2.45) is 5.41 Å². The summed E-state index contributed by atoms with van der Waals surface area (Å²) in [4.78, 5) is 2.51. The van der Waals surface area contributed by atoms with Crippen molar-refractivity contribution in [3.63, 3.8) is 0 Å². The van der Waals surface area contributed by atoms with E-state index in [9.17, 15) is 0 Å². The van der Waals surface area contributed by atoms with Gasteiger partial charge in [0.15, 0.2) is 0 Å². The SMILES string of the molecule is CC(C)(C)C1=CCN(Cc2ccoc2CNC2CC2)CC1. The van der Waals surface area contributed by atoms with Crippen LogP contribution in [0.15, 0.2) is 28.4 Å². The summed E-state index contributed by atoms with van der Waals surface area (Å²) in [5.41, 5.74) is 3.26. The zero-order valence-electron chi connectivity index (χ0n) is 13.6. The lowest BCUT2D eigenvalue weighted by Gasteiger charge is -2.32. The van der Waals surface area contributed by atoms with E-state index in [2.05, 4.69) is 43.1 Å². The lowest BCUT2D eigenvalue weighted by atomic mass is 9.83. The van der Waals surface area contributed by atoms with Crippen LogP contribution in [0.1, 0.15) is 51.4 Å². The van der Waals surface area contributed by atoms with Gasteiger partial charge >= 0.3 is 0 Å². The monoisotopic (exact) mass is 288 g/mol. The molecule has 3 rings (SSSR count). The highest BCUT2D eigenvalue weighted by molar-refractivity contribution is 5.19. The van der Waals surface area contributed by atoms with Gasteiger partial charge in [-0.25, -0.2) is 0 Å². The van der Waals surface area contributed by atoms with E-state index in [0.29, 0.717) is 5.41 Å². The molecular formula is C18H28N2O. The van der Waals surface area contributed by atoms with Crippen molar-refractivity contribution in [1.82, 2.24) is 10.2 Å². The minimum Gasteiger partial charge on any atom is -0.468 e. The Morgan fingerprint density at radius 1 is 1.33 bits per heavy atom. The molecule has 0 bridgehead atoms. The highest BCUT2D eigenvalue weighted by Crippen LogP contribution is 2.30. The van der Waals surface area contributed by atoms with E-state index >= 15 is 0 Å². The number of rotatable bonds is 5. The summed E-state index contributed by atoms with van der Waals surface area (Å²) >= 11 is 0. The van der Waals surface area contributed by atoms with Crippen LogP contribution < -0.4 is 5.32 Å². The molecule has 1 aromatic rings. The van der Waals surface area contributed by atoms with E-state index in [1.807, 2.05) is 6.26 Å². The fraction of sp³-hybridized carbons (Fsp3) is 0.667. The molecule has 1 N–H and O–H groups in total. The molecule has 0 atom stereocenters. The minimum atomic E-state index is 0.321. The molecule has 1 aliphatic carbocycles. The van der Waals surface area contributed by atoms with E-state index in [-0.39, 0.29) is 0 Å². The second-order valence-corrected chi connectivity index (χ2v) is 7.49. The molecule has 2 aliphatic rings. The summed E-state index contributed by atoms with van der Waals surface area (Å²) in [7, 11) is 0. The van der Waals surface area contributed by atoms with Crippen molar-refractivity contribution in [3.8, 4) is 0 Å². The molecule has 3 heteroatoms. The van der Waals surface area contributed by atoms with Gasteiger partial charge in [0.1, 0.15) is 5.76 Å². The van der Waals surface area contributed by atoms with Crippen molar-refractivity contribution < 1.29 is 4.42 Å². The average molecular weight is 288 g/mol. The molecule has 0 spiro atoms. The molecule has 3 nitrogen and oxygen atoms in total. The Balaban J connectivity index is 1.55. The van der Waals surface area contributed by atoms with Gasteiger partial charge in [-0.3, -0.25) is 4.90 Å². The Bertz CT molecular complexity index is 506. The van der Waals surface area contributed by atoms with Crippen LogP contribution in [0.25, 0.3) is 0 Å². The summed E-state index contributed by atoms with van der Waals surface area (Å²) in [6.07, 6.45) is 8.09. The number of hydrogen-bond donors (Lipinski definition) is 1. The van der Waals surface area contributed by atoms with Gasteiger partial charge in [0.2, 0.25) is 0 Å². The highest BCUT2D eigenvalue weighted by Gasteiger charge is 2.23. The zero-order valence-corrected chi connectivity index (χ0v) is 13.6. The molecular weight excluding hydrogens is 260 g/mol. The minimum absolute atomic E-state index is 0.321. The van der Waals surface area contributed by atoms with Crippen LogP contribution >= 0.6 is 0 Å². The van der Waals surface area contributed by atoms with Gasteiger partial charge in [0.05, 0.1) is 12.8 Å². The zero-order chi connectivity index (χ0) is 14.9. The van der Waals surface area contributed by atoms with Crippen LogP contribution in [0.2, 0.25) is 0 Å². The van der Waals surface area contributed by atoms with E-state index in [4.69, 9.17) is 4.42 Å².